The average Bonchev–Trinajstić information content (AvgIpc) is 3.70. The smallest absolute Gasteiger partial charge is 0.462 e. The van der Waals surface area contributed by atoms with Crippen LogP contribution in [0.3, 0.4) is 0 Å². The van der Waals surface area contributed by atoms with Crippen LogP contribution < -0.4 is 0 Å². The van der Waals surface area contributed by atoms with Gasteiger partial charge in [0, 0.05) is 25.7 Å². The first-order chi connectivity index (χ1) is 46.4. The van der Waals surface area contributed by atoms with Gasteiger partial charge in [0.1, 0.15) is 19.3 Å². The van der Waals surface area contributed by atoms with Gasteiger partial charge in [0.15, 0.2) is 12.2 Å². The van der Waals surface area contributed by atoms with Crippen LogP contribution in [0, 0.1) is 11.8 Å². The van der Waals surface area contributed by atoms with E-state index in [1.165, 1.54) is 212 Å². The van der Waals surface area contributed by atoms with Crippen LogP contribution in [0.25, 0.3) is 0 Å². The SMILES string of the molecule is CCCCCCCCCCCCCCCCCCCCC(=O)O[C@H](COC(=O)CCCCCCCCCCCCCCC(C)C)COP(=O)(O)OC[C@@H](O)COP(=O)(O)OC[C@@H](COC(=O)CCCCCCCCCC(C)C)OC(=O)CCCCCCCCCCCCCCC. The molecular weight excluding hydrogens is 1260 g/mol. The van der Waals surface area contributed by atoms with E-state index in [0.29, 0.717) is 31.6 Å². The maximum absolute atomic E-state index is 13.1. The van der Waals surface area contributed by atoms with E-state index < -0.39 is 97.5 Å². The highest BCUT2D eigenvalue weighted by molar-refractivity contribution is 7.47. The van der Waals surface area contributed by atoms with E-state index in [2.05, 4.69) is 41.5 Å². The summed E-state index contributed by atoms with van der Waals surface area (Å²) in [6, 6.07) is 0. The monoisotopic (exact) mass is 1410 g/mol. The van der Waals surface area contributed by atoms with Crippen molar-refractivity contribution in [3.05, 3.63) is 0 Å². The molecule has 0 spiro atoms. The summed E-state index contributed by atoms with van der Waals surface area (Å²) in [4.78, 5) is 72.8. The van der Waals surface area contributed by atoms with Crippen LogP contribution in [-0.4, -0.2) is 96.7 Å². The summed E-state index contributed by atoms with van der Waals surface area (Å²) in [5, 5.41) is 10.6. The van der Waals surface area contributed by atoms with E-state index in [4.69, 9.17) is 37.0 Å². The Labute approximate surface area is 588 Å². The first-order valence-corrected chi connectivity index (χ1v) is 43.0. The van der Waals surface area contributed by atoms with Gasteiger partial charge < -0.3 is 33.8 Å². The molecule has 0 saturated carbocycles. The summed E-state index contributed by atoms with van der Waals surface area (Å²) in [7, 11) is -9.91. The standard InChI is InChI=1S/C77H150O17P2/c1-7-9-11-13-15-17-19-21-22-23-24-25-27-33-37-43-50-56-62-77(82)93-72(65-87-74(79)59-53-47-41-35-31-29-28-30-34-39-45-51-57-69(3)4)67-91-95(83,84)89-63-71(78)64-90-96(85,86)92-68-73(66-88-75(80)60-54-48-44-38-40-46-52-58-70(5)6)94-76(81)61-55-49-42-36-32-26-20-18-16-14-12-10-8-2/h69-73,78H,7-68H2,1-6H3,(H,83,84)(H,85,86)/t71-,72-,73-/m1/s1. The maximum Gasteiger partial charge on any atom is 0.472 e. The molecule has 0 saturated heterocycles. The van der Waals surface area contributed by atoms with Gasteiger partial charge in [-0.1, -0.05) is 350 Å². The van der Waals surface area contributed by atoms with Crippen molar-refractivity contribution in [3.8, 4) is 0 Å². The second-order valence-corrected chi connectivity index (χ2v) is 31.6. The number of esters is 4. The maximum atomic E-state index is 13.1. The molecule has 5 atom stereocenters. The van der Waals surface area contributed by atoms with Crippen LogP contribution >= 0.6 is 15.6 Å². The summed E-state index contributed by atoms with van der Waals surface area (Å²) in [6.45, 7) is 9.57. The number of ether oxygens (including phenoxy) is 4. The van der Waals surface area contributed by atoms with Gasteiger partial charge in [-0.15, -0.1) is 0 Å². The topological polar surface area (TPSA) is 237 Å². The van der Waals surface area contributed by atoms with Crippen LogP contribution in [0.4, 0.5) is 0 Å². The molecule has 0 aliphatic rings. The Morgan fingerprint density at radius 1 is 0.281 bits per heavy atom. The number of hydrogen-bond donors (Lipinski definition) is 3. The molecule has 17 nitrogen and oxygen atoms in total. The number of aliphatic hydroxyl groups is 1. The fourth-order valence-electron chi connectivity index (χ4n) is 11.8. The number of aliphatic hydroxyl groups excluding tert-OH is 1. The van der Waals surface area contributed by atoms with Crippen molar-refractivity contribution >= 4 is 39.5 Å². The van der Waals surface area contributed by atoms with E-state index in [1.807, 2.05) is 0 Å². The molecule has 0 rings (SSSR count). The highest BCUT2D eigenvalue weighted by Crippen LogP contribution is 2.45. The van der Waals surface area contributed by atoms with Crippen molar-refractivity contribution in [1.82, 2.24) is 0 Å². The predicted octanol–water partition coefficient (Wildman–Crippen LogP) is 22.7. The van der Waals surface area contributed by atoms with E-state index in [-0.39, 0.29) is 25.7 Å². The Bertz CT molecular complexity index is 1860. The lowest BCUT2D eigenvalue weighted by molar-refractivity contribution is -0.161. The minimum Gasteiger partial charge on any atom is -0.462 e. The van der Waals surface area contributed by atoms with Gasteiger partial charge in [0.25, 0.3) is 0 Å². The van der Waals surface area contributed by atoms with Gasteiger partial charge in [-0.3, -0.25) is 37.3 Å². The molecule has 0 heterocycles. The first kappa shape index (κ1) is 94.1. The van der Waals surface area contributed by atoms with Crippen molar-refractivity contribution in [2.45, 2.75) is 419 Å². The quantitative estimate of drug-likeness (QED) is 0.0222. The predicted molar refractivity (Wildman–Crippen MR) is 391 cm³/mol. The summed E-state index contributed by atoms with van der Waals surface area (Å²) in [5.74, 6) is -0.626. The molecule has 0 bridgehead atoms. The normalized spacial score (nSPS) is 14.0. The Balaban J connectivity index is 5.24. The molecule has 3 N–H and O–H groups in total. The fraction of sp³-hybridized carbons (Fsp3) is 0.948. The van der Waals surface area contributed by atoms with Crippen LogP contribution in [0.5, 0.6) is 0 Å². The average molecular weight is 1410 g/mol. The number of hydrogen-bond acceptors (Lipinski definition) is 15. The zero-order valence-electron chi connectivity index (χ0n) is 62.7. The van der Waals surface area contributed by atoms with Crippen molar-refractivity contribution < 1.29 is 80.2 Å². The number of carbonyl (C=O) groups excluding carboxylic acids is 4. The van der Waals surface area contributed by atoms with Crippen LogP contribution in [0.15, 0.2) is 0 Å². The van der Waals surface area contributed by atoms with Gasteiger partial charge in [-0.2, -0.15) is 0 Å². The fourth-order valence-corrected chi connectivity index (χ4v) is 13.4. The minimum atomic E-state index is -4.96. The van der Waals surface area contributed by atoms with Crippen LogP contribution in [0.2, 0.25) is 0 Å². The molecule has 570 valence electrons. The number of phosphoric acid groups is 2. The van der Waals surface area contributed by atoms with Crippen molar-refractivity contribution in [3.63, 3.8) is 0 Å². The molecule has 0 fully saturated rings. The Hall–Kier alpha value is -1.94. The van der Waals surface area contributed by atoms with Gasteiger partial charge in [-0.25, -0.2) is 9.13 Å². The largest absolute Gasteiger partial charge is 0.472 e. The number of rotatable bonds is 76. The highest BCUT2D eigenvalue weighted by Gasteiger charge is 2.30. The molecular formula is C77H150O17P2. The van der Waals surface area contributed by atoms with Crippen molar-refractivity contribution in [2.24, 2.45) is 11.8 Å². The molecule has 0 radical (unpaired) electrons. The molecule has 19 heteroatoms. The zero-order valence-corrected chi connectivity index (χ0v) is 64.5. The van der Waals surface area contributed by atoms with Crippen molar-refractivity contribution in [2.75, 3.05) is 39.6 Å². The molecule has 0 amide bonds. The Morgan fingerprint density at radius 2 is 0.479 bits per heavy atom. The molecule has 0 aliphatic heterocycles. The zero-order chi connectivity index (χ0) is 70.7. The lowest BCUT2D eigenvalue weighted by Gasteiger charge is -2.21. The third-order valence-corrected chi connectivity index (χ3v) is 19.9. The summed E-state index contributed by atoms with van der Waals surface area (Å²) in [6.07, 6.45) is 56.9. The van der Waals surface area contributed by atoms with Crippen LogP contribution in [0.1, 0.15) is 401 Å². The van der Waals surface area contributed by atoms with E-state index in [9.17, 15) is 43.2 Å². The summed E-state index contributed by atoms with van der Waals surface area (Å²) in [5.41, 5.74) is 0. The van der Waals surface area contributed by atoms with E-state index in [0.717, 1.165) is 102 Å². The summed E-state index contributed by atoms with van der Waals surface area (Å²) >= 11 is 0. The highest BCUT2D eigenvalue weighted by atomic mass is 31.2. The number of unbranched alkanes of at least 4 members (excludes halogenated alkanes) is 46. The van der Waals surface area contributed by atoms with Gasteiger partial charge in [0.2, 0.25) is 0 Å². The van der Waals surface area contributed by atoms with Crippen LogP contribution in [-0.2, 0) is 65.4 Å². The number of phosphoric ester groups is 2. The molecule has 0 aliphatic carbocycles. The third kappa shape index (κ3) is 70.5. The molecule has 0 aromatic carbocycles. The van der Waals surface area contributed by atoms with Gasteiger partial charge >= 0.3 is 39.5 Å². The van der Waals surface area contributed by atoms with Gasteiger partial charge in [-0.05, 0) is 37.5 Å². The van der Waals surface area contributed by atoms with E-state index in [1.54, 1.807) is 0 Å². The molecule has 0 aromatic rings. The van der Waals surface area contributed by atoms with Gasteiger partial charge in [0.05, 0.1) is 26.4 Å². The molecule has 96 heavy (non-hydrogen) atoms. The molecule has 2 unspecified atom stereocenters. The second kappa shape index (κ2) is 68.8. The Morgan fingerprint density at radius 3 is 0.708 bits per heavy atom. The molecule has 0 aromatic heterocycles. The Kier molecular flexibility index (Phi) is 67.4. The first-order valence-electron chi connectivity index (χ1n) is 40.0. The lowest BCUT2D eigenvalue weighted by Crippen LogP contribution is -2.30. The second-order valence-electron chi connectivity index (χ2n) is 28.7. The van der Waals surface area contributed by atoms with E-state index >= 15 is 0 Å². The third-order valence-electron chi connectivity index (χ3n) is 18.0. The number of carbonyl (C=O) groups is 4. The van der Waals surface area contributed by atoms with Crippen molar-refractivity contribution in [1.29, 1.82) is 0 Å². The minimum absolute atomic E-state index is 0.107. The lowest BCUT2D eigenvalue weighted by atomic mass is 10.0. The summed E-state index contributed by atoms with van der Waals surface area (Å²) < 4.78 is 68.6.